The molecule has 3 aliphatic rings. The van der Waals surface area contributed by atoms with Gasteiger partial charge in [0.15, 0.2) is 0 Å². The number of hydrogen-bond donors (Lipinski definition) is 0. The number of carbonyl (C=O) groups is 4. The number of nitrogens with zero attached hydrogens (tertiary/aromatic N) is 3. The van der Waals surface area contributed by atoms with Crippen LogP contribution in [0.5, 0.6) is 0 Å². The maximum absolute atomic E-state index is 13.4. The fourth-order valence-electron chi connectivity index (χ4n) is 5.27. The number of fused-ring (bicyclic) bond motifs is 5. The van der Waals surface area contributed by atoms with Gasteiger partial charge in [0, 0.05) is 26.2 Å². The van der Waals surface area contributed by atoms with Gasteiger partial charge in [-0.25, -0.2) is 0 Å². The molecule has 3 aliphatic heterocycles. The fourth-order valence-corrected chi connectivity index (χ4v) is 5.27. The Morgan fingerprint density at radius 2 is 1.70 bits per heavy atom. The summed E-state index contributed by atoms with van der Waals surface area (Å²) < 4.78 is 38.6. The second kappa shape index (κ2) is 6.29. The molecule has 7 nitrogen and oxygen atoms in total. The first-order valence-electron chi connectivity index (χ1n) is 9.54. The molecule has 0 spiro atoms. The highest BCUT2D eigenvalue weighted by Crippen LogP contribution is 2.53. The lowest BCUT2D eigenvalue weighted by atomic mass is 9.78. The van der Waals surface area contributed by atoms with Gasteiger partial charge >= 0.3 is 6.18 Å². The third-order valence-corrected chi connectivity index (χ3v) is 6.66. The normalized spacial score (nSPS) is 30.9. The molecule has 0 aliphatic carbocycles. The van der Waals surface area contributed by atoms with Crippen LogP contribution in [0.2, 0.25) is 0 Å². The third-order valence-electron chi connectivity index (χ3n) is 6.66. The van der Waals surface area contributed by atoms with Crippen molar-refractivity contribution < 1.29 is 32.3 Å². The van der Waals surface area contributed by atoms with Crippen LogP contribution in [-0.4, -0.2) is 70.5 Å². The van der Waals surface area contributed by atoms with Crippen LogP contribution in [0.15, 0.2) is 24.3 Å². The number of benzene rings is 1. The summed E-state index contributed by atoms with van der Waals surface area (Å²) in [6.45, 7) is 1.74. The Balaban J connectivity index is 1.82. The van der Waals surface area contributed by atoms with E-state index < -0.39 is 58.8 Å². The van der Waals surface area contributed by atoms with E-state index in [2.05, 4.69) is 0 Å². The number of piperazine rings is 1. The molecule has 0 N–H and O–H groups in total. The lowest BCUT2D eigenvalue weighted by Gasteiger charge is -2.48. The highest BCUT2D eigenvalue weighted by Gasteiger charge is 2.74. The van der Waals surface area contributed by atoms with E-state index in [1.165, 1.54) is 16.8 Å². The van der Waals surface area contributed by atoms with Crippen molar-refractivity contribution in [2.45, 2.75) is 31.1 Å². The molecule has 1 aromatic rings. The van der Waals surface area contributed by atoms with Gasteiger partial charge in [0.2, 0.25) is 17.7 Å². The molecule has 3 unspecified atom stereocenters. The standard InChI is InChI=1S/C20H20F3N3O4/c1-4-19-14-13(16(28)25(3)17(14)29)12(9-24(2)18(19)30)26(19)15(27)10-5-7-11(8-6-10)20(21,22)23/h5-8,12-14H,4,9H2,1-3H3/t12?,13?,14?,19-/m1/s1. The van der Waals surface area contributed by atoms with Crippen molar-refractivity contribution in [2.75, 3.05) is 20.6 Å². The minimum absolute atomic E-state index is 0.0311. The lowest BCUT2D eigenvalue weighted by Crippen LogP contribution is -2.68. The molecule has 3 saturated heterocycles. The smallest absolute Gasteiger partial charge is 0.342 e. The zero-order valence-corrected chi connectivity index (χ0v) is 16.6. The van der Waals surface area contributed by atoms with E-state index in [9.17, 15) is 32.3 Å². The van der Waals surface area contributed by atoms with E-state index >= 15 is 0 Å². The Labute approximate surface area is 170 Å². The van der Waals surface area contributed by atoms with Crippen LogP contribution in [0.25, 0.3) is 0 Å². The number of rotatable bonds is 2. The topological polar surface area (TPSA) is 78.0 Å². The maximum atomic E-state index is 13.4. The molecule has 4 amide bonds. The minimum atomic E-state index is -4.55. The molecule has 160 valence electrons. The van der Waals surface area contributed by atoms with Gasteiger partial charge in [-0.3, -0.25) is 24.1 Å². The van der Waals surface area contributed by atoms with E-state index in [0.29, 0.717) is 0 Å². The summed E-state index contributed by atoms with van der Waals surface area (Å²) >= 11 is 0. The molecule has 0 saturated carbocycles. The van der Waals surface area contributed by atoms with E-state index in [0.717, 1.165) is 29.2 Å². The van der Waals surface area contributed by atoms with Gasteiger partial charge in [0.05, 0.1) is 23.4 Å². The molecule has 3 fully saturated rings. The second-order valence-corrected chi connectivity index (χ2v) is 8.02. The Morgan fingerprint density at radius 3 is 2.23 bits per heavy atom. The second-order valence-electron chi connectivity index (χ2n) is 8.02. The van der Waals surface area contributed by atoms with Gasteiger partial charge in [0.25, 0.3) is 5.91 Å². The molecule has 1 aromatic carbocycles. The number of halogens is 3. The van der Waals surface area contributed by atoms with Crippen molar-refractivity contribution in [3.05, 3.63) is 35.4 Å². The van der Waals surface area contributed by atoms with E-state index in [1.807, 2.05) is 0 Å². The average Bonchev–Trinajstić information content (AvgIpc) is 3.08. The van der Waals surface area contributed by atoms with Crippen molar-refractivity contribution >= 4 is 23.6 Å². The first-order valence-corrected chi connectivity index (χ1v) is 9.54. The van der Waals surface area contributed by atoms with Crippen LogP contribution in [0, 0.1) is 11.8 Å². The number of alkyl halides is 3. The highest BCUT2D eigenvalue weighted by molar-refractivity contribution is 6.13. The van der Waals surface area contributed by atoms with Crippen LogP contribution in [-0.2, 0) is 20.6 Å². The van der Waals surface area contributed by atoms with Crippen LogP contribution >= 0.6 is 0 Å². The van der Waals surface area contributed by atoms with Crippen LogP contribution in [0.3, 0.4) is 0 Å². The van der Waals surface area contributed by atoms with Gasteiger partial charge in [-0.05, 0) is 30.7 Å². The lowest BCUT2D eigenvalue weighted by molar-refractivity contribution is -0.155. The average molecular weight is 423 g/mol. The fraction of sp³-hybridized carbons (Fsp3) is 0.500. The SMILES string of the molecule is CC[C@]12C(=O)N(C)CC(C3C(=O)N(C)C(=O)C31)N2C(=O)c1ccc(C(F)(F)F)cc1. The summed E-state index contributed by atoms with van der Waals surface area (Å²) in [5, 5.41) is 0. The van der Waals surface area contributed by atoms with Crippen molar-refractivity contribution in [1.82, 2.24) is 14.7 Å². The largest absolute Gasteiger partial charge is 0.416 e. The van der Waals surface area contributed by atoms with Crippen molar-refractivity contribution in [3.63, 3.8) is 0 Å². The number of carbonyl (C=O) groups excluding carboxylic acids is 4. The van der Waals surface area contributed by atoms with Gasteiger partial charge in [-0.15, -0.1) is 0 Å². The molecule has 4 rings (SSSR count). The zero-order valence-electron chi connectivity index (χ0n) is 16.6. The summed E-state index contributed by atoms with van der Waals surface area (Å²) in [6, 6.07) is 2.99. The zero-order chi connectivity index (χ0) is 22.2. The van der Waals surface area contributed by atoms with Crippen molar-refractivity contribution in [2.24, 2.45) is 11.8 Å². The number of imide groups is 1. The number of likely N-dealkylation sites (N-methyl/N-ethyl adjacent to an activating group) is 1. The summed E-state index contributed by atoms with van der Waals surface area (Å²) in [4.78, 5) is 56.1. The van der Waals surface area contributed by atoms with Gasteiger partial charge in [-0.1, -0.05) is 6.92 Å². The van der Waals surface area contributed by atoms with Crippen LogP contribution in [0.4, 0.5) is 13.2 Å². The number of hydrogen-bond acceptors (Lipinski definition) is 4. The van der Waals surface area contributed by atoms with E-state index in [-0.39, 0.29) is 18.5 Å². The Hall–Kier alpha value is -2.91. The monoisotopic (exact) mass is 423 g/mol. The molecule has 4 atom stereocenters. The highest BCUT2D eigenvalue weighted by atomic mass is 19.4. The minimum Gasteiger partial charge on any atom is -0.342 e. The third kappa shape index (κ3) is 2.39. The summed E-state index contributed by atoms with van der Waals surface area (Å²) in [5.74, 6) is -3.91. The molecular formula is C20H20F3N3O4. The van der Waals surface area contributed by atoms with Gasteiger partial charge in [-0.2, -0.15) is 13.2 Å². The molecule has 3 heterocycles. The quantitative estimate of drug-likeness (QED) is 0.674. The van der Waals surface area contributed by atoms with Gasteiger partial charge in [0.1, 0.15) is 5.54 Å². The van der Waals surface area contributed by atoms with E-state index in [1.54, 1.807) is 14.0 Å². The molecule has 0 radical (unpaired) electrons. The predicted octanol–water partition coefficient (Wildman–Crippen LogP) is 1.38. The molecule has 10 heteroatoms. The van der Waals surface area contributed by atoms with Crippen molar-refractivity contribution in [1.29, 1.82) is 0 Å². The Kier molecular flexibility index (Phi) is 4.27. The number of likely N-dealkylation sites (tertiary alicyclic amines) is 2. The number of amides is 4. The van der Waals surface area contributed by atoms with Gasteiger partial charge < -0.3 is 9.80 Å². The maximum Gasteiger partial charge on any atom is 0.416 e. The molecule has 2 bridgehead atoms. The molecule has 0 aromatic heterocycles. The van der Waals surface area contributed by atoms with E-state index in [4.69, 9.17) is 0 Å². The van der Waals surface area contributed by atoms with Crippen molar-refractivity contribution in [3.8, 4) is 0 Å². The van der Waals surface area contributed by atoms with Crippen LogP contribution < -0.4 is 0 Å². The van der Waals surface area contributed by atoms with Crippen LogP contribution in [0.1, 0.15) is 29.3 Å². The Bertz CT molecular complexity index is 961. The molecule has 30 heavy (non-hydrogen) atoms. The first-order chi connectivity index (χ1) is 14.0. The summed E-state index contributed by atoms with van der Waals surface area (Å²) in [5.41, 5.74) is -2.47. The first kappa shape index (κ1) is 20.4. The summed E-state index contributed by atoms with van der Waals surface area (Å²) in [6.07, 6.45) is -4.44. The Morgan fingerprint density at radius 1 is 1.10 bits per heavy atom. The summed E-state index contributed by atoms with van der Waals surface area (Å²) in [7, 11) is 2.91. The molecular weight excluding hydrogens is 403 g/mol. The predicted molar refractivity (Wildman–Crippen MR) is 96.8 cm³/mol.